The Bertz CT molecular complexity index is 773. The predicted molar refractivity (Wildman–Crippen MR) is 98.5 cm³/mol. The molecule has 1 amide bonds. The van der Waals surface area contributed by atoms with E-state index in [9.17, 15) is 4.79 Å². The zero-order valence-corrected chi connectivity index (χ0v) is 15.0. The fourth-order valence-corrected chi connectivity index (χ4v) is 4.92. The first-order chi connectivity index (χ1) is 12.3. The molecule has 1 saturated carbocycles. The molecule has 4 heterocycles. The van der Waals surface area contributed by atoms with Crippen LogP contribution in [0.3, 0.4) is 0 Å². The first kappa shape index (κ1) is 15.3. The van der Waals surface area contributed by atoms with Crippen LogP contribution in [0.5, 0.6) is 0 Å². The molecule has 2 bridgehead atoms. The highest BCUT2D eigenvalue weighted by atomic mass is 32.1. The van der Waals surface area contributed by atoms with Gasteiger partial charge in [-0.05, 0) is 31.6 Å². The first-order valence-corrected chi connectivity index (χ1v) is 10.0. The number of hydrogen-bond donors (Lipinski definition) is 0. The Labute approximate surface area is 151 Å². The van der Waals surface area contributed by atoms with Crippen LogP contribution in [0.1, 0.15) is 25.7 Å². The van der Waals surface area contributed by atoms with Gasteiger partial charge in [-0.3, -0.25) is 4.79 Å². The normalized spacial score (nSPS) is 26.2. The minimum atomic E-state index is 0.126. The maximum Gasteiger partial charge on any atom is 0.227 e. The second kappa shape index (κ2) is 6.09. The second-order valence-corrected chi connectivity index (χ2v) is 8.48. The van der Waals surface area contributed by atoms with E-state index >= 15 is 0 Å². The zero-order chi connectivity index (χ0) is 16.8. The van der Waals surface area contributed by atoms with Crippen LogP contribution >= 0.6 is 11.3 Å². The van der Waals surface area contributed by atoms with E-state index in [1.807, 2.05) is 18.2 Å². The number of piperidine rings is 1. The number of benzene rings is 1. The molecule has 3 aliphatic heterocycles. The maximum absolute atomic E-state index is 12.8. The molecule has 2 aromatic rings. The molecule has 0 N–H and O–H groups in total. The van der Waals surface area contributed by atoms with Crippen LogP contribution in [-0.4, -0.2) is 46.7 Å². The summed E-state index contributed by atoms with van der Waals surface area (Å²) in [6, 6.07) is 10.5. The summed E-state index contributed by atoms with van der Waals surface area (Å²) < 4.78 is 0. The van der Waals surface area contributed by atoms with Gasteiger partial charge in [-0.2, -0.15) is 0 Å². The van der Waals surface area contributed by atoms with Crippen LogP contribution in [0.4, 0.5) is 5.13 Å². The van der Waals surface area contributed by atoms with Gasteiger partial charge in [0.25, 0.3) is 0 Å². The summed E-state index contributed by atoms with van der Waals surface area (Å²) in [6.07, 6.45) is 4.74. The van der Waals surface area contributed by atoms with Crippen molar-refractivity contribution in [1.29, 1.82) is 0 Å². The molecule has 5 nitrogen and oxygen atoms in total. The van der Waals surface area contributed by atoms with E-state index in [4.69, 9.17) is 0 Å². The third-order valence-corrected chi connectivity index (χ3v) is 6.68. The lowest BCUT2D eigenvalue weighted by atomic mass is 9.94. The monoisotopic (exact) mass is 354 g/mol. The quantitative estimate of drug-likeness (QED) is 0.847. The second-order valence-electron chi connectivity index (χ2n) is 7.52. The molecule has 1 aromatic carbocycles. The summed E-state index contributed by atoms with van der Waals surface area (Å²) in [5.41, 5.74) is 1.11. The number of fused-ring (bicyclic) bond motifs is 4. The van der Waals surface area contributed by atoms with Crippen molar-refractivity contribution >= 4 is 22.4 Å². The number of nitrogens with zero attached hydrogens (tertiary/aromatic N) is 4. The van der Waals surface area contributed by atoms with E-state index in [1.54, 1.807) is 11.3 Å². The molecule has 4 fully saturated rings. The van der Waals surface area contributed by atoms with Gasteiger partial charge in [0, 0.05) is 31.2 Å². The number of rotatable bonds is 4. The Morgan fingerprint density at radius 3 is 2.68 bits per heavy atom. The lowest BCUT2D eigenvalue weighted by Crippen LogP contribution is -2.48. The van der Waals surface area contributed by atoms with Crippen LogP contribution in [0.15, 0.2) is 30.3 Å². The predicted octanol–water partition coefficient (Wildman–Crippen LogP) is 3.04. The summed E-state index contributed by atoms with van der Waals surface area (Å²) in [7, 11) is 0. The summed E-state index contributed by atoms with van der Waals surface area (Å²) in [6.45, 7) is 2.66. The third-order valence-electron chi connectivity index (χ3n) is 5.65. The Morgan fingerprint density at radius 2 is 1.88 bits per heavy atom. The van der Waals surface area contributed by atoms with Crippen molar-refractivity contribution in [3.63, 3.8) is 0 Å². The van der Waals surface area contributed by atoms with Crippen molar-refractivity contribution in [1.82, 2.24) is 15.1 Å². The van der Waals surface area contributed by atoms with Gasteiger partial charge in [0.1, 0.15) is 5.01 Å². The number of carbonyl (C=O) groups is 1. The minimum Gasteiger partial charge on any atom is -0.344 e. The van der Waals surface area contributed by atoms with Gasteiger partial charge < -0.3 is 9.80 Å². The molecule has 6 heteroatoms. The van der Waals surface area contributed by atoms with Crippen molar-refractivity contribution in [2.45, 2.75) is 31.7 Å². The van der Waals surface area contributed by atoms with Gasteiger partial charge in [0.2, 0.25) is 11.0 Å². The van der Waals surface area contributed by atoms with Crippen LogP contribution < -0.4 is 4.90 Å². The number of aromatic nitrogens is 2. The molecular weight excluding hydrogens is 332 g/mol. The molecule has 4 aliphatic rings. The van der Waals surface area contributed by atoms with E-state index in [0.717, 1.165) is 54.1 Å². The Balaban J connectivity index is 1.38. The molecule has 3 saturated heterocycles. The van der Waals surface area contributed by atoms with Crippen molar-refractivity contribution in [2.24, 2.45) is 11.8 Å². The Morgan fingerprint density at radius 1 is 1.04 bits per heavy atom. The summed E-state index contributed by atoms with van der Waals surface area (Å²) in [4.78, 5) is 17.3. The maximum atomic E-state index is 12.8. The van der Waals surface area contributed by atoms with Gasteiger partial charge in [0.05, 0.1) is 5.92 Å². The van der Waals surface area contributed by atoms with E-state index in [1.165, 1.54) is 12.8 Å². The molecule has 6 rings (SSSR count). The summed E-state index contributed by atoms with van der Waals surface area (Å²) in [5, 5.41) is 10.7. The van der Waals surface area contributed by atoms with E-state index in [2.05, 4.69) is 32.1 Å². The molecular formula is C19H22N4OS. The summed E-state index contributed by atoms with van der Waals surface area (Å²) in [5.74, 6) is 1.25. The lowest BCUT2D eigenvalue weighted by molar-refractivity contribution is -0.140. The standard InChI is InChI=1S/C19H22N4OS/c24-18-15-8-9-16(23(18)10-13-6-7-13)12-22(11-15)19-21-20-17(25-19)14-4-2-1-3-5-14/h1-5,13,15-16H,6-12H2/t15-,16+/m0/s1. The van der Waals surface area contributed by atoms with Crippen LogP contribution in [0.2, 0.25) is 0 Å². The Hall–Kier alpha value is -1.95. The van der Waals surface area contributed by atoms with Gasteiger partial charge in [-0.25, -0.2) is 0 Å². The number of anilines is 1. The van der Waals surface area contributed by atoms with Crippen LogP contribution in [-0.2, 0) is 4.79 Å². The molecule has 1 aliphatic carbocycles. The van der Waals surface area contributed by atoms with Crippen molar-refractivity contribution in [3.8, 4) is 10.6 Å². The highest BCUT2D eigenvalue weighted by Gasteiger charge is 2.43. The van der Waals surface area contributed by atoms with Gasteiger partial charge in [-0.1, -0.05) is 41.7 Å². The average Bonchev–Trinajstić information content (AvgIpc) is 3.40. The van der Waals surface area contributed by atoms with Crippen LogP contribution in [0, 0.1) is 11.8 Å². The largest absolute Gasteiger partial charge is 0.344 e. The fourth-order valence-electron chi connectivity index (χ4n) is 4.06. The van der Waals surface area contributed by atoms with Crippen molar-refractivity contribution in [2.75, 3.05) is 24.5 Å². The van der Waals surface area contributed by atoms with Crippen molar-refractivity contribution < 1.29 is 4.79 Å². The van der Waals surface area contributed by atoms with E-state index in [-0.39, 0.29) is 5.92 Å². The SMILES string of the molecule is O=C1[C@H]2CC[C@H](CN(c3nnc(-c4ccccc4)s3)C2)N1CC1CC1. The highest BCUT2D eigenvalue weighted by molar-refractivity contribution is 7.18. The number of carbonyl (C=O) groups excluding carboxylic acids is 1. The van der Waals surface area contributed by atoms with E-state index < -0.39 is 0 Å². The van der Waals surface area contributed by atoms with Gasteiger partial charge in [0.15, 0.2) is 0 Å². The number of hydrogen-bond acceptors (Lipinski definition) is 5. The molecule has 2 atom stereocenters. The van der Waals surface area contributed by atoms with E-state index in [0.29, 0.717) is 11.9 Å². The fraction of sp³-hybridized carbons (Fsp3) is 0.526. The van der Waals surface area contributed by atoms with Gasteiger partial charge >= 0.3 is 0 Å². The van der Waals surface area contributed by atoms with Gasteiger partial charge in [-0.15, -0.1) is 10.2 Å². The molecule has 25 heavy (non-hydrogen) atoms. The number of amides is 1. The zero-order valence-electron chi connectivity index (χ0n) is 14.2. The lowest BCUT2D eigenvalue weighted by Gasteiger charge is -2.36. The minimum absolute atomic E-state index is 0.126. The highest BCUT2D eigenvalue weighted by Crippen LogP contribution is 2.37. The first-order valence-electron chi connectivity index (χ1n) is 9.22. The molecule has 130 valence electrons. The summed E-state index contributed by atoms with van der Waals surface area (Å²) >= 11 is 1.64. The van der Waals surface area contributed by atoms with Crippen LogP contribution in [0.25, 0.3) is 10.6 Å². The smallest absolute Gasteiger partial charge is 0.227 e. The average molecular weight is 354 g/mol. The topological polar surface area (TPSA) is 49.3 Å². The molecule has 0 unspecified atom stereocenters. The Kier molecular flexibility index (Phi) is 3.73. The molecule has 0 spiro atoms. The molecule has 0 radical (unpaired) electrons. The third kappa shape index (κ3) is 2.92. The molecule has 1 aromatic heterocycles. The van der Waals surface area contributed by atoms with Crippen molar-refractivity contribution in [3.05, 3.63) is 30.3 Å².